The van der Waals surface area contributed by atoms with Crippen molar-refractivity contribution in [1.82, 2.24) is 9.80 Å². The van der Waals surface area contributed by atoms with Crippen LogP contribution in [0.1, 0.15) is 11.1 Å². The number of hydrogen-bond donors (Lipinski definition) is 0. The van der Waals surface area contributed by atoms with Crippen LogP contribution in [0.4, 0.5) is 0 Å². The molecule has 0 atom stereocenters. The highest BCUT2D eigenvalue weighted by atomic mass is 16.5. The summed E-state index contributed by atoms with van der Waals surface area (Å²) in [6, 6.07) is 8.89. The topological polar surface area (TPSA) is 61.9 Å². The van der Waals surface area contributed by atoms with E-state index in [0.717, 1.165) is 39.3 Å². The summed E-state index contributed by atoms with van der Waals surface area (Å²) < 4.78 is 33.8. The van der Waals surface area contributed by atoms with Gasteiger partial charge in [0.25, 0.3) is 0 Å². The highest BCUT2D eigenvalue weighted by Gasteiger charge is 2.11. The van der Waals surface area contributed by atoms with Gasteiger partial charge in [0, 0.05) is 39.3 Å². The Bertz CT molecular complexity index is 534. The molecule has 2 saturated heterocycles. The van der Waals surface area contributed by atoms with Crippen LogP contribution in [0.3, 0.4) is 0 Å². The Balaban J connectivity index is 1.51. The van der Waals surface area contributed by atoms with E-state index in [2.05, 4.69) is 34.1 Å². The van der Waals surface area contributed by atoms with E-state index < -0.39 is 0 Å². The van der Waals surface area contributed by atoms with Crippen molar-refractivity contribution >= 4 is 0 Å². The second kappa shape index (κ2) is 16.5. The second-order valence-electron chi connectivity index (χ2n) is 8.05. The third-order valence-electron chi connectivity index (χ3n) is 5.50. The van der Waals surface area contributed by atoms with Gasteiger partial charge >= 0.3 is 0 Å². The number of rotatable bonds is 4. The SMILES string of the molecule is c1cc(CN2CCOCCOCCOCC2)cc(CN2CCOCCOCCOCC2)c1. The molecule has 1 aromatic carbocycles. The average Bonchev–Trinajstić information content (AvgIpc) is 2.78. The van der Waals surface area contributed by atoms with E-state index in [9.17, 15) is 0 Å². The minimum absolute atomic E-state index is 0.631. The van der Waals surface area contributed by atoms with Crippen LogP contribution in [0.15, 0.2) is 24.3 Å². The Morgan fingerprint density at radius 2 is 0.781 bits per heavy atom. The van der Waals surface area contributed by atoms with E-state index in [1.54, 1.807) is 0 Å². The summed E-state index contributed by atoms with van der Waals surface area (Å²) in [5, 5.41) is 0. The molecule has 182 valence electrons. The minimum atomic E-state index is 0.631. The Labute approximate surface area is 192 Å². The summed E-state index contributed by atoms with van der Waals surface area (Å²) in [6.07, 6.45) is 0. The monoisotopic (exact) mass is 452 g/mol. The molecule has 3 rings (SSSR count). The van der Waals surface area contributed by atoms with E-state index in [1.807, 2.05) is 0 Å². The summed E-state index contributed by atoms with van der Waals surface area (Å²) in [7, 11) is 0. The normalized spacial score (nSPS) is 22.8. The number of ether oxygens (including phenoxy) is 6. The van der Waals surface area contributed by atoms with Gasteiger partial charge in [-0.3, -0.25) is 9.80 Å². The van der Waals surface area contributed by atoms with Crippen LogP contribution in [-0.2, 0) is 41.5 Å². The third kappa shape index (κ3) is 11.2. The lowest BCUT2D eigenvalue weighted by atomic mass is 10.1. The fourth-order valence-electron chi connectivity index (χ4n) is 3.74. The predicted molar refractivity (Wildman–Crippen MR) is 122 cm³/mol. The smallest absolute Gasteiger partial charge is 0.0701 e. The summed E-state index contributed by atoms with van der Waals surface area (Å²) in [5.74, 6) is 0. The zero-order valence-electron chi connectivity index (χ0n) is 19.4. The van der Waals surface area contributed by atoms with Crippen molar-refractivity contribution in [3.63, 3.8) is 0 Å². The molecule has 0 amide bonds. The first-order valence-corrected chi connectivity index (χ1v) is 11.9. The van der Waals surface area contributed by atoms with Gasteiger partial charge in [0.2, 0.25) is 0 Å². The molecule has 0 unspecified atom stereocenters. The lowest BCUT2D eigenvalue weighted by Crippen LogP contribution is -2.32. The maximum absolute atomic E-state index is 5.71. The van der Waals surface area contributed by atoms with Crippen LogP contribution in [0.25, 0.3) is 0 Å². The van der Waals surface area contributed by atoms with Crippen molar-refractivity contribution in [3.05, 3.63) is 35.4 Å². The molecule has 0 aromatic heterocycles. The molecule has 2 aliphatic rings. The van der Waals surface area contributed by atoms with Crippen molar-refractivity contribution in [2.24, 2.45) is 0 Å². The van der Waals surface area contributed by atoms with Gasteiger partial charge in [0.15, 0.2) is 0 Å². The van der Waals surface area contributed by atoms with Crippen LogP contribution < -0.4 is 0 Å². The Morgan fingerprint density at radius 1 is 0.469 bits per heavy atom. The molecular formula is C24H40N2O6. The van der Waals surface area contributed by atoms with Gasteiger partial charge in [-0.2, -0.15) is 0 Å². The molecule has 0 N–H and O–H groups in total. The predicted octanol–water partition coefficient (Wildman–Crippen LogP) is 1.42. The van der Waals surface area contributed by atoms with Crippen LogP contribution in [0.5, 0.6) is 0 Å². The molecule has 0 bridgehead atoms. The largest absolute Gasteiger partial charge is 0.378 e. The maximum atomic E-state index is 5.71. The fraction of sp³-hybridized carbons (Fsp3) is 0.750. The van der Waals surface area contributed by atoms with Crippen LogP contribution in [0, 0.1) is 0 Å². The van der Waals surface area contributed by atoms with Gasteiger partial charge in [0.1, 0.15) is 0 Å². The molecule has 1 aromatic rings. The third-order valence-corrected chi connectivity index (χ3v) is 5.50. The molecule has 8 nitrogen and oxygen atoms in total. The zero-order valence-corrected chi connectivity index (χ0v) is 19.4. The fourth-order valence-corrected chi connectivity index (χ4v) is 3.74. The summed E-state index contributed by atoms with van der Waals surface area (Å²) in [5.41, 5.74) is 2.63. The van der Waals surface area contributed by atoms with Crippen molar-refractivity contribution in [3.8, 4) is 0 Å². The summed E-state index contributed by atoms with van der Waals surface area (Å²) in [4.78, 5) is 4.81. The van der Waals surface area contributed by atoms with E-state index >= 15 is 0 Å². The Hall–Kier alpha value is -1.10. The first-order valence-electron chi connectivity index (χ1n) is 11.9. The van der Waals surface area contributed by atoms with Crippen molar-refractivity contribution in [2.75, 3.05) is 105 Å². The summed E-state index contributed by atoms with van der Waals surface area (Å²) in [6.45, 7) is 13.2. The van der Waals surface area contributed by atoms with Gasteiger partial charge in [0.05, 0.1) is 79.3 Å². The van der Waals surface area contributed by atoms with Gasteiger partial charge in [-0.15, -0.1) is 0 Å². The van der Waals surface area contributed by atoms with Crippen molar-refractivity contribution in [1.29, 1.82) is 0 Å². The van der Waals surface area contributed by atoms with Crippen molar-refractivity contribution < 1.29 is 28.4 Å². The molecule has 0 spiro atoms. The lowest BCUT2D eigenvalue weighted by Gasteiger charge is -2.25. The lowest BCUT2D eigenvalue weighted by molar-refractivity contribution is -0.00710. The highest BCUT2D eigenvalue weighted by Crippen LogP contribution is 2.11. The molecule has 0 aliphatic carbocycles. The number of nitrogens with zero attached hydrogens (tertiary/aromatic N) is 2. The van der Waals surface area contributed by atoms with Crippen molar-refractivity contribution in [2.45, 2.75) is 13.1 Å². The maximum Gasteiger partial charge on any atom is 0.0701 e. The van der Waals surface area contributed by atoms with Gasteiger partial charge in [-0.1, -0.05) is 24.3 Å². The molecular weight excluding hydrogens is 412 g/mol. The zero-order chi connectivity index (χ0) is 22.1. The Kier molecular flexibility index (Phi) is 13.2. The van der Waals surface area contributed by atoms with E-state index in [4.69, 9.17) is 28.4 Å². The molecule has 2 aliphatic heterocycles. The average molecular weight is 453 g/mol. The molecule has 2 fully saturated rings. The molecule has 0 saturated carbocycles. The summed E-state index contributed by atoms with van der Waals surface area (Å²) >= 11 is 0. The first-order chi connectivity index (χ1) is 15.9. The standard InChI is InChI=1S/C24H40N2O6/c1-2-23(21-25-4-8-27-12-16-31-17-13-28-9-5-25)20-24(3-1)22-26-6-10-29-14-18-32-19-15-30-11-7-26/h1-3,20H,4-19,21-22H2. The van der Waals surface area contributed by atoms with Crippen LogP contribution >= 0.6 is 0 Å². The number of benzene rings is 1. The van der Waals surface area contributed by atoms with Crippen LogP contribution in [0.2, 0.25) is 0 Å². The second-order valence-corrected chi connectivity index (χ2v) is 8.05. The van der Waals surface area contributed by atoms with E-state index in [-0.39, 0.29) is 0 Å². The minimum Gasteiger partial charge on any atom is -0.378 e. The van der Waals surface area contributed by atoms with E-state index in [0.29, 0.717) is 79.3 Å². The van der Waals surface area contributed by atoms with Gasteiger partial charge in [-0.05, 0) is 11.1 Å². The molecule has 0 radical (unpaired) electrons. The van der Waals surface area contributed by atoms with E-state index in [1.165, 1.54) is 11.1 Å². The van der Waals surface area contributed by atoms with Gasteiger partial charge < -0.3 is 28.4 Å². The van der Waals surface area contributed by atoms with Gasteiger partial charge in [-0.25, -0.2) is 0 Å². The quantitative estimate of drug-likeness (QED) is 0.680. The first kappa shape index (κ1) is 25.5. The Morgan fingerprint density at radius 3 is 1.12 bits per heavy atom. The molecule has 32 heavy (non-hydrogen) atoms. The number of hydrogen-bond acceptors (Lipinski definition) is 8. The highest BCUT2D eigenvalue weighted by molar-refractivity contribution is 5.23. The van der Waals surface area contributed by atoms with Crippen LogP contribution in [-0.4, -0.2) is 115 Å². The molecule has 8 heteroatoms. The molecule has 2 heterocycles.